The van der Waals surface area contributed by atoms with Crippen LogP contribution in [-0.4, -0.2) is 17.0 Å². The first-order chi connectivity index (χ1) is 8.95. The van der Waals surface area contributed by atoms with Crippen LogP contribution in [0.2, 0.25) is 0 Å². The number of aliphatic carboxylic acids is 1. The Labute approximate surface area is 111 Å². The van der Waals surface area contributed by atoms with E-state index in [0.29, 0.717) is 5.56 Å². The summed E-state index contributed by atoms with van der Waals surface area (Å²) in [4.78, 5) is 22.9. The van der Waals surface area contributed by atoms with Crippen LogP contribution in [0, 0.1) is 0 Å². The third-order valence-electron chi connectivity index (χ3n) is 3.18. The van der Waals surface area contributed by atoms with Crippen LogP contribution in [0.4, 0.5) is 0 Å². The lowest BCUT2D eigenvalue weighted by atomic mass is 9.87. The maximum Gasteiger partial charge on any atom is 0.333 e. The van der Waals surface area contributed by atoms with Gasteiger partial charge in [-0.3, -0.25) is 4.79 Å². The van der Waals surface area contributed by atoms with Crippen molar-refractivity contribution >= 4 is 22.6 Å². The molecular weight excluding hydrogens is 242 g/mol. The Morgan fingerprint density at radius 3 is 2.37 bits per heavy atom. The molecule has 19 heavy (non-hydrogen) atoms. The van der Waals surface area contributed by atoms with Crippen LogP contribution in [0.15, 0.2) is 42.5 Å². The molecular formula is C15H15NO3. The fraction of sp³-hybridized carbons (Fsp3) is 0.200. The van der Waals surface area contributed by atoms with Gasteiger partial charge in [0.15, 0.2) is 5.54 Å². The molecule has 2 aromatic rings. The minimum atomic E-state index is -1.44. The lowest BCUT2D eigenvalue weighted by molar-refractivity contribution is -0.147. The Hall–Kier alpha value is -2.36. The van der Waals surface area contributed by atoms with Gasteiger partial charge in [0.25, 0.3) is 0 Å². The molecule has 0 saturated carbocycles. The number of hydrogen-bond donors (Lipinski definition) is 2. The summed E-state index contributed by atoms with van der Waals surface area (Å²) in [6.45, 7) is 2.81. The highest BCUT2D eigenvalue weighted by Gasteiger charge is 2.37. The van der Waals surface area contributed by atoms with E-state index in [2.05, 4.69) is 5.32 Å². The van der Waals surface area contributed by atoms with Gasteiger partial charge in [-0.1, -0.05) is 42.5 Å². The van der Waals surface area contributed by atoms with Gasteiger partial charge in [0, 0.05) is 6.92 Å². The summed E-state index contributed by atoms with van der Waals surface area (Å²) < 4.78 is 0. The van der Waals surface area contributed by atoms with Crippen LogP contribution in [0.25, 0.3) is 10.8 Å². The number of benzene rings is 2. The van der Waals surface area contributed by atoms with Crippen LogP contribution >= 0.6 is 0 Å². The van der Waals surface area contributed by atoms with Gasteiger partial charge in [-0.05, 0) is 23.3 Å². The van der Waals surface area contributed by atoms with Gasteiger partial charge in [0.05, 0.1) is 0 Å². The number of carboxylic acids is 1. The van der Waals surface area contributed by atoms with Gasteiger partial charge in [0.2, 0.25) is 5.91 Å². The van der Waals surface area contributed by atoms with Crippen LogP contribution in [-0.2, 0) is 15.1 Å². The molecule has 0 bridgehead atoms. The molecule has 98 valence electrons. The van der Waals surface area contributed by atoms with E-state index in [1.54, 1.807) is 12.1 Å². The summed E-state index contributed by atoms with van der Waals surface area (Å²) in [5.41, 5.74) is -0.861. The Bertz CT molecular complexity index is 645. The quantitative estimate of drug-likeness (QED) is 0.886. The topological polar surface area (TPSA) is 66.4 Å². The Morgan fingerprint density at radius 1 is 1.11 bits per heavy atom. The number of hydrogen-bond acceptors (Lipinski definition) is 2. The number of carbonyl (C=O) groups is 2. The predicted molar refractivity (Wildman–Crippen MR) is 72.8 cm³/mol. The van der Waals surface area contributed by atoms with E-state index in [-0.39, 0.29) is 5.91 Å². The van der Waals surface area contributed by atoms with Gasteiger partial charge in [0.1, 0.15) is 0 Å². The molecule has 0 aromatic heterocycles. The van der Waals surface area contributed by atoms with E-state index >= 15 is 0 Å². The van der Waals surface area contributed by atoms with E-state index in [0.717, 1.165) is 10.8 Å². The Kier molecular flexibility index (Phi) is 3.25. The smallest absolute Gasteiger partial charge is 0.333 e. The summed E-state index contributed by atoms with van der Waals surface area (Å²) in [6, 6.07) is 12.9. The average Bonchev–Trinajstić information content (AvgIpc) is 2.37. The molecule has 1 atom stereocenters. The first-order valence-corrected chi connectivity index (χ1v) is 5.95. The normalized spacial score (nSPS) is 13.8. The molecule has 1 amide bonds. The average molecular weight is 257 g/mol. The van der Waals surface area contributed by atoms with E-state index in [9.17, 15) is 14.7 Å². The van der Waals surface area contributed by atoms with Crippen LogP contribution in [0.1, 0.15) is 19.4 Å². The molecule has 4 heteroatoms. The third-order valence-corrected chi connectivity index (χ3v) is 3.18. The molecule has 0 unspecified atom stereocenters. The molecule has 0 aliphatic heterocycles. The van der Waals surface area contributed by atoms with Gasteiger partial charge in [-0.2, -0.15) is 0 Å². The van der Waals surface area contributed by atoms with Crippen molar-refractivity contribution in [3.05, 3.63) is 48.0 Å². The van der Waals surface area contributed by atoms with E-state index in [1.807, 2.05) is 30.3 Å². The van der Waals surface area contributed by atoms with Crippen molar-refractivity contribution in [3.63, 3.8) is 0 Å². The summed E-state index contributed by atoms with van der Waals surface area (Å²) in [5, 5.41) is 13.8. The van der Waals surface area contributed by atoms with E-state index in [4.69, 9.17) is 0 Å². The third kappa shape index (κ3) is 2.29. The Morgan fingerprint density at radius 2 is 1.74 bits per heavy atom. The monoisotopic (exact) mass is 257 g/mol. The van der Waals surface area contributed by atoms with E-state index < -0.39 is 11.5 Å². The van der Waals surface area contributed by atoms with Crippen molar-refractivity contribution in [2.24, 2.45) is 0 Å². The number of rotatable bonds is 3. The summed E-state index contributed by atoms with van der Waals surface area (Å²) in [7, 11) is 0. The molecule has 0 saturated heterocycles. The summed E-state index contributed by atoms with van der Waals surface area (Å²) in [5.74, 6) is -1.46. The fourth-order valence-electron chi connectivity index (χ4n) is 2.25. The van der Waals surface area contributed by atoms with Crippen molar-refractivity contribution in [2.75, 3.05) is 0 Å². The zero-order valence-corrected chi connectivity index (χ0v) is 10.8. The van der Waals surface area contributed by atoms with Crippen LogP contribution in [0.5, 0.6) is 0 Å². The minimum Gasteiger partial charge on any atom is -0.479 e. The van der Waals surface area contributed by atoms with Crippen molar-refractivity contribution in [1.29, 1.82) is 0 Å². The molecule has 0 aliphatic rings. The molecule has 2 N–H and O–H groups in total. The lowest BCUT2D eigenvalue weighted by Crippen LogP contribution is -2.48. The maximum absolute atomic E-state index is 11.6. The van der Waals surface area contributed by atoms with Gasteiger partial charge in [-0.15, -0.1) is 0 Å². The number of carboxylic acid groups (broad SMARTS) is 1. The number of nitrogens with one attached hydrogen (secondary N) is 1. The van der Waals surface area contributed by atoms with Crippen LogP contribution in [0.3, 0.4) is 0 Å². The molecule has 0 aliphatic carbocycles. The van der Waals surface area contributed by atoms with Gasteiger partial charge >= 0.3 is 5.97 Å². The number of amides is 1. The maximum atomic E-state index is 11.6. The lowest BCUT2D eigenvalue weighted by Gasteiger charge is -2.27. The van der Waals surface area contributed by atoms with Crippen molar-refractivity contribution in [3.8, 4) is 0 Å². The molecule has 0 heterocycles. The molecule has 2 aromatic carbocycles. The Balaban J connectivity index is 2.69. The highest BCUT2D eigenvalue weighted by molar-refractivity contribution is 5.94. The second-order valence-electron chi connectivity index (χ2n) is 4.64. The summed E-state index contributed by atoms with van der Waals surface area (Å²) in [6.07, 6.45) is 0. The van der Waals surface area contributed by atoms with Crippen molar-refractivity contribution in [1.82, 2.24) is 5.32 Å². The van der Waals surface area contributed by atoms with Gasteiger partial charge < -0.3 is 10.4 Å². The zero-order valence-electron chi connectivity index (χ0n) is 10.8. The SMILES string of the molecule is CC(=O)N[C@](C)(C(=O)O)c1cccc2ccccc12. The van der Waals surface area contributed by atoms with Crippen molar-refractivity contribution < 1.29 is 14.7 Å². The second kappa shape index (κ2) is 4.72. The number of fused-ring (bicyclic) bond motifs is 1. The molecule has 0 radical (unpaired) electrons. The van der Waals surface area contributed by atoms with Crippen molar-refractivity contribution in [2.45, 2.75) is 19.4 Å². The van der Waals surface area contributed by atoms with Crippen LogP contribution < -0.4 is 5.32 Å². The highest BCUT2D eigenvalue weighted by atomic mass is 16.4. The minimum absolute atomic E-state index is 0.377. The largest absolute Gasteiger partial charge is 0.479 e. The first kappa shape index (κ1) is 13.1. The van der Waals surface area contributed by atoms with E-state index in [1.165, 1.54) is 13.8 Å². The molecule has 4 nitrogen and oxygen atoms in total. The first-order valence-electron chi connectivity index (χ1n) is 5.95. The standard InChI is InChI=1S/C15H15NO3/c1-10(17)16-15(2,14(18)19)13-9-5-7-11-6-3-4-8-12(11)13/h3-9H,1-2H3,(H,16,17)(H,18,19)/t15-/m0/s1. The molecule has 0 fully saturated rings. The summed E-state index contributed by atoms with van der Waals surface area (Å²) >= 11 is 0. The molecule has 2 rings (SSSR count). The molecule has 0 spiro atoms. The predicted octanol–water partition coefficient (Wildman–Crippen LogP) is 2.28. The zero-order chi connectivity index (χ0) is 14.0. The fourth-order valence-corrected chi connectivity index (χ4v) is 2.25. The number of carbonyl (C=O) groups excluding carboxylic acids is 1. The second-order valence-corrected chi connectivity index (χ2v) is 4.64. The highest BCUT2D eigenvalue weighted by Crippen LogP contribution is 2.29. The van der Waals surface area contributed by atoms with Gasteiger partial charge in [-0.25, -0.2) is 4.79 Å².